The zero-order chi connectivity index (χ0) is 24.0. The average molecular weight is 469 g/mol. The van der Waals surface area contributed by atoms with Gasteiger partial charge in [-0.1, -0.05) is 12.1 Å². The van der Waals surface area contributed by atoms with Crippen LogP contribution in [0.25, 0.3) is 0 Å². The van der Waals surface area contributed by atoms with Crippen LogP contribution < -0.4 is 16.0 Å². The standard InChI is InChI=1S/C20H15N5O7S/c26-18(12-8-13(24(28)29)10-14(9-12)25(30)31)23-20(33)22-17-6-2-1-5-16(17)19(27)21-11-15-4-3-7-32-15/h1-10H,11H2,(H,21,27)(H2,22,23,26,33). The van der Waals surface area contributed by atoms with Crippen LogP contribution in [0.3, 0.4) is 0 Å². The summed E-state index contributed by atoms with van der Waals surface area (Å²) in [7, 11) is 0. The van der Waals surface area contributed by atoms with Gasteiger partial charge in [0.25, 0.3) is 23.2 Å². The molecule has 0 bridgehead atoms. The molecule has 3 aromatic rings. The first-order chi connectivity index (χ1) is 15.7. The Hall–Kier alpha value is -4.65. The van der Waals surface area contributed by atoms with Gasteiger partial charge >= 0.3 is 0 Å². The van der Waals surface area contributed by atoms with Crippen molar-refractivity contribution in [2.24, 2.45) is 0 Å². The molecule has 0 aliphatic heterocycles. The Morgan fingerprint density at radius 1 is 0.939 bits per heavy atom. The van der Waals surface area contributed by atoms with E-state index < -0.39 is 33.0 Å². The van der Waals surface area contributed by atoms with Gasteiger partial charge in [0, 0.05) is 12.1 Å². The number of carbonyl (C=O) groups is 2. The largest absolute Gasteiger partial charge is 0.467 e. The minimum Gasteiger partial charge on any atom is -0.467 e. The van der Waals surface area contributed by atoms with Crippen molar-refractivity contribution in [2.75, 3.05) is 5.32 Å². The summed E-state index contributed by atoms with van der Waals surface area (Å²) >= 11 is 5.10. The number of nitrogens with one attached hydrogen (secondary N) is 3. The van der Waals surface area contributed by atoms with Crippen LogP contribution in [0.4, 0.5) is 17.1 Å². The zero-order valence-electron chi connectivity index (χ0n) is 16.6. The smallest absolute Gasteiger partial charge is 0.277 e. The summed E-state index contributed by atoms with van der Waals surface area (Å²) in [6.45, 7) is 0.160. The van der Waals surface area contributed by atoms with Crippen LogP contribution in [0, 0.1) is 20.2 Å². The first-order valence-corrected chi connectivity index (χ1v) is 9.61. The van der Waals surface area contributed by atoms with E-state index in [1.807, 2.05) is 0 Å². The van der Waals surface area contributed by atoms with E-state index in [1.165, 1.54) is 12.3 Å². The lowest BCUT2D eigenvalue weighted by atomic mass is 10.1. The minimum atomic E-state index is -0.904. The first kappa shape index (κ1) is 23.0. The van der Waals surface area contributed by atoms with E-state index in [1.54, 1.807) is 30.3 Å². The molecule has 13 heteroatoms. The predicted octanol–water partition coefficient (Wildman–Crippen LogP) is 3.15. The molecule has 0 spiro atoms. The Bertz CT molecular complexity index is 1210. The number of anilines is 1. The third-order valence-corrected chi connectivity index (χ3v) is 4.44. The van der Waals surface area contributed by atoms with E-state index in [2.05, 4.69) is 16.0 Å². The molecule has 0 saturated carbocycles. The number of hydrogen-bond donors (Lipinski definition) is 3. The molecule has 1 heterocycles. The normalized spacial score (nSPS) is 10.2. The SMILES string of the molecule is O=C(NC(=S)Nc1ccccc1C(=O)NCc1ccco1)c1cc([N+](=O)[O-])cc([N+](=O)[O-])c1. The fraction of sp³-hybridized carbons (Fsp3) is 0.0500. The topological polar surface area (TPSA) is 170 Å². The highest BCUT2D eigenvalue weighted by molar-refractivity contribution is 7.80. The van der Waals surface area contributed by atoms with Crippen molar-refractivity contribution in [2.45, 2.75) is 6.54 Å². The summed E-state index contributed by atoms with van der Waals surface area (Å²) < 4.78 is 5.16. The van der Waals surface area contributed by atoms with E-state index in [0.29, 0.717) is 5.76 Å². The van der Waals surface area contributed by atoms with Gasteiger partial charge in [0.15, 0.2) is 5.11 Å². The maximum atomic E-state index is 12.5. The Kier molecular flexibility index (Phi) is 7.05. The van der Waals surface area contributed by atoms with Gasteiger partial charge in [0.1, 0.15) is 5.76 Å². The molecule has 3 rings (SSSR count). The molecule has 168 valence electrons. The Labute approximate surface area is 190 Å². The molecule has 0 radical (unpaired) electrons. The number of amides is 2. The molecule has 3 N–H and O–H groups in total. The molecule has 33 heavy (non-hydrogen) atoms. The van der Waals surface area contributed by atoms with Crippen molar-refractivity contribution >= 4 is 46.2 Å². The molecule has 0 fully saturated rings. The average Bonchev–Trinajstić information content (AvgIpc) is 3.31. The van der Waals surface area contributed by atoms with E-state index in [9.17, 15) is 29.8 Å². The van der Waals surface area contributed by atoms with Crippen LogP contribution in [0.5, 0.6) is 0 Å². The van der Waals surface area contributed by atoms with Crippen molar-refractivity contribution < 1.29 is 23.9 Å². The van der Waals surface area contributed by atoms with Crippen molar-refractivity contribution in [3.8, 4) is 0 Å². The quantitative estimate of drug-likeness (QED) is 0.267. The van der Waals surface area contributed by atoms with Gasteiger partial charge in [-0.15, -0.1) is 0 Å². The van der Waals surface area contributed by atoms with E-state index in [0.717, 1.165) is 18.2 Å². The van der Waals surface area contributed by atoms with Crippen LogP contribution in [0.15, 0.2) is 65.3 Å². The number of thiocarbonyl (C=S) groups is 1. The molecular formula is C20H15N5O7S. The predicted molar refractivity (Wildman–Crippen MR) is 120 cm³/mol. The van der Waals surface area contributed by atoms with Crippen molar-refractivity contribution in [3.05, 3.63) is 98.0 Å². The number of carbonyl (C=O) groups excluding carboxylic acids is 2. The lowest BCUT2D eigenvalue weighted by molar-refractivity contribution is -0.394. The van der Waals surface area contributed by atoms with Gasteiger partial charge in [-0.25, -0.2) is 0 Å². The second-order valence-corrected chi connectivity index (χ2v) is 6.88. The summed E-state index contributed by atoms with van der Waals surface area (Å²) in [6, 6.07) is 12.3. The Morgan fingerprint density at radius 2 is 1.61 bits per heavy atom. The maximum absolute atomic E-state index is 12.5. The van der Waals surface area contributed by atoms with E-state index >= 15 is 0 Å². The lowest BCUT2D eigenvalue weighted by Gasteiger charge is -2.13. The van der Waals surface area contributed by atoms with Crippen molar-refractivity contribution in [3.63, 3.8) is 0 Å². The van der Waals surface area contributed by atoms with Gasteiger partial charge in [-0.3, -0.25) is 35.1 Å². The fourth-order valence-corrected chi connectivity index (χ4v) is 2.93. The number of furan rings is 1. The third-order valence-electron chi connectivity index (χ3n) is 4.24. The molecule has 12 nitrogen and oxygen atoms in total. The highest BCUT2D eigenvalue weighted by atomic mass is 32.1. The number of rotatable bonds is 7. The third kappa shape index (κ3) is 5.95. The van der Waals surface area contributed by atoms with Gasteiger partial charge in [-0.2, -0.15) is 0 Å². The molecule has 2 aromatic carbocycles. The number of non-ortho nitro benzene ring substituents is 2. The summed E-state index contributed by atoms with van der Waals surface area (Å²) in [4.78, 5) is 45.3. The minimum absolute atomic E-state index is 0.160. The van der Waals surface area contributed by atoms with Crippen LogP contribution in [-0.2, 0) is 6.54 Å². The fourth-order valence-electron chi connectivity index (χ4n) is 2.73. The van der Waals surface area contributed by atoms with Crippen LogP contribution >= 0.6 is 12.2 Å². The highest BCUT2D eigenvalue weighted by Crippen LogP contribution is 2.23. The number of nitro groups is 2. The number of para-hydroxylation sites is 1. The van der Waals surface area contributed by atoms with Gasteiger partial charge in [0.2, 0.25) is 0 Å². The molecule has 0 saturated heterocycles. The molecule has 0 unspecified atom stereocenters. The maximum Gasteiger partial charge on any atom is 0.277 e. The van der Waals surface area contributed by atoms with Gasteiger partial charge in [0.05, 0.1) is 45.5 Å². The van der Waals surface area contributed by atoms with Gasteiger partial charge in [-0.05, 0) is 36.5 Å². The Morgan fingerprint density at radius 3 is 2.21 bits per heavy atom. The second kappa shape index (κ2) is 10.1. The monoisotopic (exact) mass is 469 g/mol. The summed E-state index contributed by atoms with van der Waals surface area (Å²) in [5, 5.41) is 29.5. The lowest BCUT2D eigenvalue weighted by Crippen LogP contribution is -2.35. The molecule has 0 atom stereocenters. The number of nitro benzene ring substituents is 2. The number of benzene rings is 2. The second-order valence-electron chi connectivity index (χ2n) is 6.47. The van der Waals surface area contributed by atoms with Crippen LogP contribution in [0.2, 0.25) is 0 Å². The van der Waals surface area contributed by atoms with Crippen LogP contribution in [-0.4, -0.2) is 26.8 Å². The summed E-state index contributed by atoms with van der Waals surface area (Å²) in [5.41, 5.74) is -1.06. The van der Waals surface area contributed by atoms with Crippen LogP contribution in [0.1, 0.15) is 26.5 Å². The number of hydrogen-bond acceptors (Lipinski definition) is 8. The Balaban J connectivity index is 1.71. The molecule has 1 aromatic heterocycles. The molecule has 2 amide bonds. The van der Waals surface area contributed by atoms with E-state index in [4.69, 9.17) is 16.6 Å². The summed E-state index contributed by atoms with van der Waals surface area (Å²) in [5.74, 6) is -0.778. The summed E-state index contributed by atoms with van der Waals surface area (Å²) in [6.07, 6.45) is 1.48. The zero-order valence-corrected chi connectivity index (χ0v) is 17.5. The van der Waals surface area contributed by atoms with Crippen molar-refractivity contribution in [1.82, 2.24) is 10.6 Å². The molecular weight excluding hydrogens is 454 g/mol. The van der Waals surface area contributed by atoms with E-state index in [-0.39, 0.29) is 28.5 Å². The molecule has 0 aliphatic rings. The first-order valence-electron chi connectivity index (χ1n) is 9.20. The molecule has 0 aliphatic carbocycles. The van der Waals surface area contributed by atoms with Crippen molar-refractivity contribution in [1.29, 1.82) is 0 Å². The number of nitrogens with zero attached hydrogens (tertiary/aromatic N) is 2. The van der Waals surface area contributed by atoms with Gasteiger partial charge < -0.3 is 15.1 Å². The highest BCUT2D eigenvalue weighted by Gasteiger charge is 2.21.